The third-order valence-electron chi connectivity index (χ3n) is 2.74. The maximum absolute atomic E-state index is 12.3. The molecular weight excluding hydrogens is 376 g/mol. The van der Waals surface area contributed by atoms with Crippen LogP contribution in [0.15, 0.2) is 51.8 Å². The Bertz CT molecular complexity index is 733. The van der Waals surface area contributed by atoms with Gasteiger partial charge in [-0.1, -0.05) is 17.7 Å². The molecule has 0 aliphatic heterocycles. The van der Waals surface area contributed by atoms with E-state index in [4.69, 9.17) is 11.6 Å². The summed E-state index contributed by atoms with van der Waals surface area (Å²) >= 11 is 9.22. The lowest BCUT2D eigenvalue weighted by Crippen LogP contribution is -2.13. The van der Waals surface area contributed by atoms with Crippen LogP contribution in [0.5, 0.6) is 0 Å². The van der Waals surface area contributed by atoms with Gasteiger partial charge in [-0.25, -0.2) is 8.42 Å². The highest BCUT2D eigenvalue weighted by Gasteiger charge is 2.16. The van der Waals surface area contributed by atoms with Gasteiger partial charge in [0.25, 0.3) is 10.0 Å². The molecule has 2 rings (SSSR count). The number of hydrogen-bond acceptors (Lipinski definition) is 3. The van der Waals surface area contributed by atoms with Crippen LogP contribution >= 0.6 is 27.5 Å². The first kappa shape index (κ1) is 16.1. The van der Waals surface area contributed by atoms with E-state index in [1.165, 1.54) is 0 Å². The topological polar surface area (TPSA) is 58.2 Å². The normalized spacial score (nSPS) is 11.2. The van der Waals surface area contributed by atoms with Gasteiger partial charge in [0, 0.05) is 12.2 Å². The van der Waals surface area contributed by atoms with E-state index in [9.17, 15) is 8.42 Å². The van der Waals surface area contributed by atoms with E-state index in [1.54, 1.807) is 42.5 Å². The van der Waals surface area contributed by atoms with E-state index >= 15 is 0 Å². The maximum atomic E-state index is 12.3. The average Bonchev–Trinajstić information content (AvgIpc) is 2.45. The Kier molecular flexibility index (Phi) is 5.13. The zero-order chi connectivity index (χ0) is 15.5. The summed E-state index contributed by atoms with van der Waals surface area (Å²) < 4.78 is 27.7. The molecule has 0 aromatic heterocycles. The highest BCUT2D eigenvalue weighted by atomic mass is 79.9. The first-order valence-corrected chi connectivity index (χ1v) is 8.90. The molecule has 0 aliphatic rings. The lowest BCUT2D eigenvalue weighted by Gasteiger charge is -2.11. The molecule has 0 unspecified atom stereocenters. The summed E-state index contributed by atoms with van der Waals surface area (Å²) in [4.78, 5) is 0.191. The molecular formula is C14H14BrClN2O2S. The van der Waals surface area contributed by atoms with Crippen molar-refractivity contribution in [1.82, 2.24) is 0 Å². The van der Waals surface area contributed by atoms with Crippen molar-refractivity contribution in [2.45, 2.75) is 11.8 Å². The Morgan fingerprint density at radius 3 is 2.43 bits per heavy atom. The van der Waals surface area contributed by atoms with Crippen molar-refractivity contribution >= 4 is 48.9 Å². The van der Waals surface area contributed by atoms with Gasteiger partial charge in [0.05, 0.1) is 20.1 Å². The van der Waals surface area contributed by atoms with Crippen LogP contribution in [0.3, 0.4) is 0 Å². The van der Waals surface area contributed by atoms with E-state index in [-0.39, 0.29) is 4.90 Å². The van der Waals surface area contributed by atoms with Crippen molar-refractivity contribution in [3.63, 3.8) is 0 Å². The first-order valence-electron chi connectivity index (χ1n) is 6.25. The van der Waals surface area contributed by atoms with Gasteiger partial charge in [0.2, 0.25) is 0 Å². The third-order valence-corrected chi connectivity index (χ3v) is 5.52. The van der Waals surface area contributed by atoms with Gasteiger partial charge in [-0.3, -0.25) is 4.72 Å². The Morgan fingerprint density at radius 1 is 1.14 bits per heavy atom. The van der Waals surface area contributed by atoms with Gasteiger partial charge < -0.3 is 5.32 Å². The fourth-order valence-corrected chi connectivity index (χ4v) is 3.48. The van der Waals surface area contributed by atoms with Crippen molar-refractivity contribution in [3.8, 4) is 0 Å². The molecule has 2 aromatic rings. The molecule has 0 aliphatic carbocycles. The lowest BCUT2D eigenvalue weighted by molar-refractivity contribution is 0.601. The monoisotopic (exact) mass is 388 g/mol. The minimum absolute atomic E-state index is 0.191. The summed E-state index contributed by atoms with van der Waals surface area (Å²) in [6.07, 6.45) is 0. The van der Waals surface area contributed by atoms with Crippen molar-refractivity contribution in [3.05, 3.63) is 52.0 Å². The Hall–Kier alpha value is -1.24. The van der Waals surface area contributed by atoms with Crippen molar-refractivity contribution in [2.75, 3.05) is 16.6 Å². The number of benzene rings is 2. The van der Waals surface area contributed by atoms with Crippen LogP contribution in [0.4, 0.5) is 11.4 Å². The molecule has 2 aromatic carbocycles. The summed E-state index contributed by atoms with van der Waals surface area (Å²) in [6, 6.07) is 11.6. The molecule has 0 bridgehead atoms. The van der Waals surface area contributed by atoms with Gasteiger partial charge in [-0.15, -0.1) is 0 Å². The predicted octanol–water partition coefficient (Wildman–Crippen LogP) is 4.34. The Balaban J connectivity index is 2.27. The molecule has 4 nitrogen and oxygen atoms in total. The summed E-state index contributed by atoms with van der Waals surface area (Å²) in [5, 5.41) is 3.55. The summed E-state index contributed by atoms with van der Waals surface area (Å²) in [7, 11) is -3.65. The Morgan fingerprint density at radius 2 is 1.81 bits per heavy atom. The minimum Gasteiger partial charge on any atom is -0.385 e. The zero-order valence-corrected chi connectivity index (χ0v) is 14.4. The molecule has 2 N–H and O–H groups in total. The number of nitrogens with one attached hydrogen (secondary N) is 2. The molecule has 0 atom stereocenters. The molecule has 0 radical (unpaired) electrons. The fraction of sp³-hybridized carbons (Fsp3) is 0.143. The van der Waals surface area contributed by atoms with Crippen LogP contribution in [0.1, 0.15) is 6.92 Å². The predicted molar refractivity (Wildman–Crippen MR) is 90.6 cm³/mol. The Labute approximate surface area is 137 Å². The molecule has 0 saturated heterocycles. The number of anilines is 2. The van der Waals surface area contributed by atoms with Crippen molar-refractivity contribution in [1.29, 1.82) is 0 Å². The van der Waals surface area contributed by atoms with Gasteiger partial charge in [-0.2, -0.15) is 0 Å². The molecule has 0 heterocycles. The van der Waals surface area contributed by atoms with E-state index in [2.05, 4.69) is 26.0 Å². The second-order valence-corrected chi connectivity index (χ2v) is 7.14. The fourth-order valence-electron chi connectivity index (χ4n) is 1.74. The van der Waals surface area contributed by atoms with Crippen LogP contribution in [0.25, 0.3) is 0 Å². The third kappa shape index (κ3) is 3.90. The highest BCUT2D eigenvalue weighted by Crippen LogP contribution is 2.31. The van der Waals surface area contributed by atoms with E-state index < -0.39 is 10.0 Å². The lowest BCUT2D eigenvalue weighted by atomic mass is 10.3. The first-order chi connectivity index (χ1) is 9.94. The molecule has 0 saturated carbocycles. The number of hydrogen-bond donors (Lipinski definition) is 2. The van der Waals surface area contributed by atoms with Gasteiger partial charge in [-0.05, 0) is 59.3 Å². The van der Waals surface area contributed by atoms with E-state index in [0.29, 0.717) is 15.2 Å². The summed E-state index contributed by atoms with van der Waals surface area (Å²) in [5.41, 5.74) is 1.28. The number of rotatable bonds is 5. The van der Waals surface area contributed by atoms with Gasteiger partial charge >= 0.3 is 0 Å². The van der Waals surface area contributed by atoms with Crippen molar-refractivity contribution < 1.29 is 8.42 Å². The second kappa shape index (κ2) is 6.68. The van der Waals surface area contributed by atoms with Crippen LogP contribution in [0.2, 0.25) is 5.02 Å². The largest absolute Gasteiger partial charge is 0.385 e. The smallest absolute Gasteiger partial charge is 0.261 e. The second-order valence-electron chi connectivity index (χ2n) is 4.26. The minimum atomic E-state index is -3.65. The average molecular weight is 390 g/mol. The molecule has 112 valence electrons. The van der Waals surface area contributed by atoms with E-state index in [1.807, 2.05) is 6.92 Å². The van der Waals surface area contributed by atoms with Crippen LogP contribution in [0, 0.1) is 0 Å². The molecule has 0 spiro atoms. The summed E-state index contributed by atoms with van der Waals surface area (Å²) in [5.74, 6) is 0. The van der Waals surface area contributed by atoms with Gasteiger partial charge in [0.1, 0.15) is 0 Å². The van der Waals surface area contributed by atoms with E-state index in [0.717, 1.165) is 12.2 Å². The maximum Gasteiger partial charge on any atom is 0.261 e. The van der Waals surface area contributed by atoms with Crippen LogP contribution in [-0.4, -0.2) is 15.0 Å². The van der Waals surface area contributed by atoms with Crippen LogP contribution in [-0.2, 0) is 10.0 Å². The molecule has 0 fully saturated rings. The van der Waals surface area contributed by atoms with Gasteiger partial charge in [0.15, 0.2) is 0 Å². The SMILES string of the molecule is CCNc1ccc(S(=O)(=O)Nc2cccc(Cl)c2Br)cc1. The molecule has 7 heteroatoms. The number of sulfonamides is 1. The zero-order valence-electron chi connectivity index (χ0n) is 11.2. The number of halogens is 2. The van der Waals surface area contributed by atoms with Crippen LogP contribution < -0.4 is 10.0 Å². The summed E-state index contributed by atoms with van der Waals surface area (Å²) in [6.45, 7) is 2.75. The quantitative estimate of drug-likeness (QED) is 0.800. The highest BCUT2D eigenvalue weighted by molar-refractivity contribution is 9.10. The van der Waals surface area contributed by atoms with Crippen molar-refractivity contribution in [2.24, 2.45) is 0 Å². The molecule has 0 amide bonds. The standard InChI is InChI=1S/C14H14BrClN2O2S/c1-2-17-10-6-8-11(9-7-10)21(19,20)18-13-5-3-4-12(16)14(13)15/h3-9,17-18H,2H2,1H3. The molecule has 21 heavy (non-hydrogen) atoms.